The molecule has 0 aliphatic heterocycles. The van der Waals surface area contributed by atoms with Crippen molar-refractivity contribution in [1.29, 1.82) is 0 Å². The molecule has 1 amide bonds. The molecule has 0 aliphatic carbocycles. The molecule has 0 fully saturated rings. The number of rotatable bonds is 5. The van der Waals surface area contributed by atoms with E-state index in [1.807, 2.05) is 48.7 Å². The van der Waals surface area contributed by atoms with Gasteiger partial charge >= 0.3 is 0 Å². The molecule has 24 heavy (non-hydrogen) atoms. The first kappa shape index (κ1) is 16.2. The molecular weight excluding hydrogens is 320 g/mol. The number of carbonyl (C=O) groups excluding carboxylic acids is 1. The van der Waals surface area contributed by atoms with Crippen molar-refractivity contribution in [2.24, 2.45) is 0 Å². The third kappa shape index (κ3) is 3.46. The van der Waals surface area contributed by atoms with E-state index in [1.54, 1.807) is 30.6 Å². The van der Waals surface area contributed by atoms with Gasteiger partial charge in [-0.2, -0.15) is 0 Å². The Balaban J connectivity index is 1.79. The molecule has 3 aromatic rings. The summed E-state index contributed by atoms with van der Waals surface area (Å²) in [4.78, 5) is 17.0. The van der Waals surface area contributed by atoms with E-state index in [4.69, 9.17) is 4.74 Å². The Bertz CT molecular complexity index is 858. The number of carbonyl (C=O) groups is 1. The summed E-state index contributed by atoms with van der Waals surface area (Å²) in [7, 11) is 1.56. The van der Waals surface area contributed by atoms with Gasteiger partial charge in [-0.1, -0.05) is 36.4 Å². The highest BCUT2D eigenvalue weighted by Gasteiger charge is 2.13. The van der Waals surface area contributed by atoms with Crippen molar-refractivity contribution in [1.82, 2.24) is 10.3 Å². The molecule has 2 aromatic carbocycles. The topological polar surface area (TPSA) is 51.2 Å². The molecule has 0 bridgehead atoms. The van der Waals surface area contributed by atoms with E-state index in [9.17, 15) is 4.79 Å². The third-order valence-electron chi connectivity index (χ3n) is 3.66. The highest BCUT2D eigenvalue weighted by Crippen LogP contribution is 2.27. The number of hydrogen-bond donors (Lipinski definition) is 1. The Kier molecular flexibility index (Phi) is 4.91. The van der Waals surface area contributed by atoms with Crippen LogP contribution in [0, 0.1) is 6.92 Å². The van der Waals surface area contributed by atoms with E-state index in [0.29, 0.717) is 17.9 Å². The minimum atomic E-state index is -0.155. The Morgan fingerprint density at radius 2 is 1.92 bits per heavy atom. The quantitative estimate of drug-likeness (QED) is 0.763. The molecule has 1 aromatic heterocycles. The van der Waals surface area contributed by atoms with Crippen molar-refractivity contribution in [2.75, 3.05) is 7.11 Å². The highest BCUT2D eigenvalue weighted by atomic mass is 32.1. The van der Waals surface area contributed by atoms with Crippen LogP contribution in [0.15, 0.2) is 53.9 Å². The summed E-state index contributed by atoms with van der Waals surface area (Å²) >= 11 is 1.61. The van der Waals surface area contributed by atoms with E-state index in [2.05, 4.69) is 10.3 Å². The molecule has 1 N–H and O–H groups in total. The first-order valence-corrected chi connectivity index (χ1v) is 8.48. The maximum atomic E-state index is 12.4. The van der Waals surface area contributed by atoms with Crippen molar-refractivity contribution >= 4 is 17.2 Å². The normalized spacial score (nSPS) is 10.4. The fourth-order valence-corrected chi connectivity index (χ4v) is 3.32. The average Bonchev–Trinajstić information content (AvgIpc) is 3.06. The fourth-order valence-electron chi connectivity index (χ4n) is 2.46. The van der Waals surface area contributed by atoms with Crippen LogP contribution < -0.4 is 10.1 Å². The van der Waals surface area contributed by atoms with Gasteiger partial charge in [0.05, 0.1) is 12.7 Å². The third-order valence-corrected chi connectivity index (χ3v) is 4.65. The monoisotopic (exact) mass is 338 g/mol. The number of nitrogens with one attached hydrogen (secondary N) is 1. The van der Waals surface area contributed by atoms with E-state index < -0.39 is 0 Å². The molecule has 3 rings (SSSR count). The minimum Gasteiger partial charge on any atom is -0.496 e. The predicted molar refractivity (Wildman–Crippen MR) is 96.5 cm³/mol. The van der Waals surface area contributed by atoms with Crippen molar-refractivity contribution in [3.8, 4) is 16.3 Å². The largest absolute Gasteiger partial charge is 0.496 e. The summed E-state index contributed by atoms with van der Waals surface area (Å²) < 4.78 is 5.25. The van der Waals surface area contributed by atoms with Gasteiger partial charge in [-0.05, 0) is 24.6 Å². The summed E-state index contributed by atoms with van der Waals surface area (Å²) in [5, 5.41) is 5.96. The zero-order chi connectivity index (χ0) is 16.9. The number of aromatic nitrogens is 1. The first-order chi connectivity index (χ1) is 11.7. The van der Waals surface area contributed by atoms with E-state index >= 15 is 0 Å². The Morgan fingerprint density at radius 1 is 1.17 bits per heavy atom. The van der Waals surface area contributed by atoms with Crippen LogP contribution in [-0.2, 0) is 6.54 Å². The van der Waals surface area contributed by atoms with Crippen LogP contribution in [0.4, 0.5) is 0 Å². The van der Waals surface area contributed by atoms with Crippen LogP contribution in [0.5, 0.6) is 5.75 Å². The smallest absolute Gasteiger partial charge is 0.255 e. The molecule has 0 spiro atoms. The van der Waals surface area contributed by atoms with Gasteiger partial charge in [0.25, 0.3) is 5.91 Å². The summed E-state index contributed by atoms with van der Waals surface area (Å²) in [6.07, 6.45) is 0. The molecular formula is C19H18N2O2S. The molecule has 0 unspecified atom stereocenters. The van der Waals surface area contributed by atoms with E-state index in [-0.39, 0.29) is 5.91 Å². The van der Waals surface area contributed by atoms with Gasteiger partial charge in [0.2, 0.25) is 0 Å². The number of aryl methyl sites for hydroxylation is 1. The first-order valence-electron chi connectivity index (χ1n) is 7.60. The lowest BCUT2D eigenvalue weighted by atomic mass is 10.1. The van der Waals surface area contributed by atoms with Crippen LogP contribution in [0.25, 0.3) is 10.6 Å². The predicted octanol–water partition coefficient (Wildman–Crippen LogP) is 4.06. The summed E-state index contributed by atoms with van der Waals surface area (Å²) in [6, 6.07) is 15.2. The number of amides is 1. The molecule has 4 nitrogen and oxygen atoms in total. The van der Waals surface area contributed by atoms with Gasteiger partial charge in [0.15, 0.2) is 0 Å². The zero-order valence-electron chi connectivity index (χ0n) is 13.6. The standard InChI is InChI=1S/C19H18N2O2S/c1-13-12-24-19(21-13)15-8-4-3-7-14(15)11-20-18(22)16-9-5-6-10-17(16)23-2/h3-10,12H,11H2,1-2H3,(H,20,22). The fraction of sp³-hybridized carbons (Fsp3) is 0.158. The van der Waals surface area contributed by atoms with Crippen molar-refractivity contribution in [2.45, 2.75) is 13.5 Å². The van der Waals surface area contributed by atoms with E-state index in [1.165, 1.54) is 0 Å². The molecule has 0 atom stereocenters. The van der Waals surface area contributed by atoms with Crippen LogP contribution in [0.3, 0.4) is 0 Å². The molecule has 0 saturated carbocycles. The molecule has 1 heterocycles. The summed E-state index contributed by atoms with van der Waals surface area (Å²) in [5.74, 6) is 0.413. The van der Waals surface area contributed by atoms with Crippen molar-refractivity contribution < 1.29 is 9.53 Å². The lowest BCUT2D eigenvalue weighted by molar-refractivity contribution is 0.0948. The lowest BCUT2D eigenvalue weighted by Crippen LogP contribution is -2.23. The SMILES string of the molecule is COc1ccccc1C(=O)NCc1ccccc1-c1nc(C)cs1. The number of benzene rings is 2. The van der Waals surface area contributed by atoms with Gasteiger partial charge in [0, 0.05) is 23.2 Å². The van der Waals surface area contributed by atoms with Gasteiger partial charge in [-0.3, -0.25) is 4.79 Å². The summed E-state index contributed by atoms with van der Waals surface area (Å²) in [6.45, 7) is 2.41. The number of ether oxygens (including phenoxy) is 1. The minimum absolute atomic E-state index is 0.155. The molecule has 0 aliphatic rings. The van der Waals surface area contributed by atoms with E-state index in [0.717, 1.165) is 21.8 Å². The highest BCUT2D eigenvalue weighted by molar-refractivity contribution is 7.13. The van der Waals surface area contributed by atoms with Gasteiger partial charge in [-0.25, -0.2) is 4.98 Å². The molecule has 0 radical (unpaired) electrons. The number of para-hydroxylation sites is 1. The zero-order valence-corrected chi connectivity index (χ0v) is 14.4. The maximum absolute atomic E-state index is 12.4. The average molecular weight is 338 g/mol. The van der Waals surface area contributed by atoms with Crippen LogP contribution in [-0.4, -0.2) is 18.0 Å². The number of thiazole rings is 1. The number of methoxy groups -OCH3 is 1. The second-order valence-electron chi connectivity index (χ2n) is 5.33. The molecule has 0 saturated heterocycles. The second-order valence-corrected chi connectivity index (χ2v) is 6.19. The van der Waals surface area contributed by atoms with Gasteiger partial charge < -0.3 is 10.1 Å². The lowest BCUT2D eigenvalue weighted by Gasteiger charge is -2.11. The maximum Gasteiger partial charge on any atom is 0.255 e. The molecule has 122 valence electrons. The molecule has 5 heteroatoms. The second kappa shape index (κ2) is 7.27. The van der Waals surface area contributed by atoms with Crippen LogP contribution in [0.2, 0.25) is 0 Å². The van der Waals surface area contributed by atoms with Gasteiger partial charge in [0.1, 0.15) is 10.8 Å². The Labute approximate surface area is 145 Å². The Hall–Kier alpha value is -2.66. The summed E-state index contributed by atoms with van der Waals surface area (Å²) in [5.41, 5.74) is 3.62. The van der Waals surface area contributed by atoms with Crippen LogP contribution >= 0.6 is 11.3 Å². The van der Waals surface area contributed by atoms with Crippen LogP contribution in [0.1, 0.15) is 21.6 Å². The van der Waals surface area contributed by atoms with Crippen molar-refractivity contribution in [3.63, 3.8) is 0 Å². The number of hydrogen-bond acceptors (Lipinski definition) is 4. The number of nitrogens with zero attached hydrogens (tertiary/aromatic N) is 1. The van der Waals surface area contributed by atoms with Crippen molar-refractivity contribution in [3.05, 3.63) is 70.7 Å². The van der Waals surface area contributed by atoms with Gasteiger partial charge in [-0.15, -0.1) is 11.3 Å². The Morgan fingerprint density at radius 3 is 2.67 bits per heavy atom.